The Hall–Kier alpha value is -2.13. The van der Waals surface area contributed by atoms with E-state index in [-0.39, 0.29) is 18.0 Å². The normalized spacial score (nSPS) is 16.2. The molecule has 1 aliphatic carbocycles. The number of nitrogens with two attached hydrogens (primary N) is 1. The van der Waals surface area contributed by atoms with Crippen molar-refractivity contribution < 1.29 is 9.53 Å². The van der Waals surface area contributed by atoms with Gasteiger partial charge in [0, 0.05) is 10.6 Å². The van der Waals surface area contributed by atoms with E-state index in [1.54, 1.807) is 34.7 Å². The molecule has 0 radical (unpaired) electrons. The summed E-state index contributed by atoms with van der Waals surface area (Å²) in [7, 11) is 0. The van der Waals surface area contributed by atoms with Crippen LogP contribution in [0.3, 0.4) is 0 Å². The van der Waals surface area contributed by atoms with Crippen molar-refractivity contribution in [3.63, 3.8) is 0 Å². The lowest BCUT2D eigenvalue weighted by atomic mass is 9.88. The number of carbonyl (C=O) groups is 1. The number of hydrogen-bond acceptors (Lipinski definition) is 8. The number of esters is 1. The first-order chi connectivity index (χ1) is 14.0. The van der Waals surface area contributed by atoms with E-state index in [1.807, 2.05) is 0 Å². The minimum atomic E-state index is -0.469. The SMILES string of the molecule is CCCSc1nc(-n2ncc(C(=O)OCC)c2N)c2c3c(sc2n1)CCC(C)C3. The summed E-state index contributed by atoms with van der Waals surface area (Å²) in [6.07, 6.45) is 5.76. The topological polar surface area (TPSA) is 95.9 Å². The number of nitrogen functional groups attached to an aromatic ring is 1. The predicted molar refractivity (Wildman–Crippen MR) is 117 cm³/mol. The van der Waals surface area contributed by atoms with Crippen LogP contribution in [0.15, 0.2) is 11.4 Å². The van der Waals surface area contributed by atoms with Crippen molar-refractivity contribution in [2.45, 2.75) is 51.6 Å². The molecule has 4 rings (SSSR count). The molecule has 7 nitrogen and oxygen atoms in total. The summed E-state index contributed by atoms with van der Waals surface area (Å²) in [5.41, 5.74) is 7.88. The minimum absolute atomic E-state index is 0.249. The number of nitrogens with zero attached hydrogens (tertiary/aromatic N) is 4. The lowest BCUT2D eigenvalue weighted by molar-refractivity contribution is 0.0527. The molecule has 1 unspecified atom stereocenters. The van der Waals surface area contributed by atoms with Crippen LogP contribution in [0.2, 0.25) is 0 Å². The van der Waals surface area contributed by atoms with Gasteiger partial charge >= 0.3 is 5.97 Å². The number of anilines is 1. The van der Waals surface area contributed by atoms with Gasteiger partial charge in [0.05, 0.1) is 18.2 Å². The van der Waals surface area contributed by atoms with Crippen LogP contribution in [0, 0.1) is 5.92 Å². The second kappa shape index (κ2) is 8.31. The van der Waals surface area contributed by atoms with Gasteiger partial charge in [-0.2, -0.15) is 9.78 Å². The molecule has 29 heavy (non-hydrogen) atoms. The molecule has 3 aromatic heterocycles. The zero-order valence-corrected chi connectivity index (χ0v) is 18.5. The molecule has 0 aromatic carbocycles. The molecule has 0 saturated carbocycles. The molecule has 0 amide bonds. The van der Waals surface area contributed by atoms with Gasteiger partial charge in [-0.1, -0.05) is 25.6 Å². The van der Waals surface area contributed by atoms with E-state index in [9.17, 15) is 4.79 Å². The highest BCUT2D eigenvalue weighted by molar-refractivity contribution is 7.99. The standard InChI is InChI=1S/C20H25N5O2S2/c1-4-8-28-20-23-17(25-16(21)13(10-22-25)19(26)27-5-2)15-12-9-11(3)6-7-14(12)29-18(15)24-20/h10-11H,4-9,21H2,1-3H3. The Morgan fingerprint density at radius 2 is 2.24 bits per heavy atom. The van der Waals surface area contributed by atoms with Crippen LogP contribution in [0.1, 0.15) is 54.4 Å². The van der Waals surface area contributed by atoms with E-state index >= 15 is 0 Å². The number of rotatable bonds is 6. The van der Waals surface area contributed by atoms with Crippen LogP contribution in [0.25, 0.3) is 16.0 Å². The van der Waals surface area contributed by atoms with Crippen LogP contribution in [0.4, 0.5) is 5.82 Å². The first-order valence-electron chi connectivity index (χ1n) is 9.99. The molecule has 154 valence electrons. The summed E-state index contributed by atoms with van der Waals surface area (Å²) in [5.74, 6) is 2.00. The lowest BCUT2D eigenvalue weighted by Gasteiger charge is -2.18. The molecule has 3 heterocycles. The number of aryl methyl sites for hydroxylation is 1. The molecule has 0 aliphatic heterocycles. The second-order valence-corrected chi connectivity index (χ2v) is 9.43. The highest BCUT2D eigenvalue weighted by Gasteiger charge is 2.27. The fourth-order valence-corrected chi connectivity index (χ4v) is 5.58. The third-order valence-electron chi connectivity index (χ3n) is 5.05. The Bertz CT molecular complexity index is 1060. The molecule has 9 heteroatoms. The Balaban J connectivity index is 1.90. The van der Waals surface area contributed by atoms with E-state index in [2.05, 4.69) is 18.9 Å². The Morgan fingerprint density at radius 1 is 1.41 bits per heavy atom. The van der Waals surface area contributed by atoms with Gasteiger partial charge in [-0.05, 0) is 44.1 Å². The summed E-state index contributed by atoms with van der Waals surface area (Å²) in [6.45, 7) is 6.46. The minimum Gasteiger partial charge on any atom is -0.462 e. The van der Waals surface area contributed by atoms with Crippen molar-refractivity contribution in [2.75, 3.05) is 18.1 Å². The van der Waals surface area contributed by atoms with Crippen LogP contribution in [-0.4, -0.2) is 38.1 Å². The first kappa shape index (κ1) is 20.2. The molecule has 0 saturated heterocycles. The maximum absolute atomic E-state index is 12.2. The number of carbonyl (C=O) groups excluding carboxylic acids is 1. The zero-order valence-electron chi connectivity index (χ0n) is 16.9. The third-order valence-corrected chi connectivity index (χ3v) is 7.29. The zero-order chi connectivity index (χ0) is 20.5. The quantitative estimate of drug-likeness (QED) is 0.354. The van der Waals surface area contributed by atoms with Crippen molar-refractivity contribution in [1.82, 2.24) is 19.7 Å². The largest absolute Gasteiger partial charge is 0.462 e. The summed E-state index contributed by atoms with van der Waals surface area (Å²) < 4.78 is 6.67. The summed E-state index contributed by atoms with van der Waals surface area (Å²) in [6, 6.07) is 0. The van der Waals surface area contributed by atoms with Crippen molar-refractivity contribution >= 4 is 45.1 Å². The fourth-order valence-electron chi connectivity index (χ4n) is 3.62. The van der Waals surface area contributed by atoms with Gasteiger partial charge in [-0.15, -0.1) is 11.3 Å². The van der Waals surface area contributed by atoms with Gasteiger partial charge < -0.3 is 10.5 Å². The predicted octanol–water partition coefficient (Wildman–Crippen LogP) is 4.26. The third kappa shape index (κ3) is 3.73. The fraction of sp³-hybridized carbons (Fsp3) is 0.500. The molecule has 1 aliphatic rings. The van der Waals surface area contributed by atoms with Crippen LogP contribution in [0.5, 0.6) is 0 Å². The van der Waals surface area contributed by atoms with Gasteiger partial charge in [0.1, 0.15) is 16.2 Å². The molecule has 2 N–H and O–H groups in total. The molecular weight excluding hydrogens is 406 g/mol. The highest BCUT2D eigenvalue weighted by Crippen LogP contribution is 2.40. The first-order valence-corrected chi connectivity index (χ1v) is 11.8. The average Bonchev–Trinajstić information content (AvgIpc) is 3.26. The summed E-state index contributed by atoms with van der Waals surface area (Å²) in [4.78, 5) is 24.2. The number of fused-ring (bicyclic) bond motifs is 3. The van der Waals surface area contributed by atoms with Gasteiger partial charge in [-0.25, -0.2) is 14.8 Å². The smallest absolute Gasteiger partial charge is 0.343 e. The van der Waals surface area contributed by atoms with E-state index in [4.69, 9.17) is 20.4 Å². The molecule has 1 atom stereocenters. The summed E-state index contributed by atoms with van der Waals surface area (Å²) >= 11 is 3.38. The number of hydrogen-bond donors (Lipinski definition) is 1. The molecule has 0 bridgehead atoms. The van der Waals surface area contributed by atoms with Crippen LogP contribution in [-0.2, 0) is 17.6 Å². The molecule has 0 fully saturated rings. The maximum atomic E-state index is 12.2. The Kier molecular flexibility index (Phi) is 5.78. The Morgan fingerprint density at radius 3 is 3.00 bits per heavy atom. The van der Waals surface area contributed by atoms with E-state index in [0.29, 0.717) is 16.9 Å². The van der Waals surface area contributed by atoms with Gasteiger partial charge in [-0.3, -0.25) is 0 Å². The number of thioether (sulfide) groups is 1. The van der Waals surface area contributed by atoms with Crippen molar-refractivity contribution in [3.8, 4) is 5.82 Å². The number of aromatic nitrogens is 4. The average molecular weight is 432 g/mol. The van der Waals surface area contributed by atoms with E-state index < -0.39 is 5.97 Å². The van der Waals surface area contributed by atoms with Gasteiger partial charge in [0.2, 0.25) is 0 Å². The van der Waals surface area contributed by atoms with E-state index in [1.165, 1.54) is 23.1 Å². The van der Waals surface area contributed by atoms with Crippen molar-refractivity contribution in [2.24, 2.45) is 5.92 Å². The maximum Gasteiger partial charge on any atom is 0.343 e. The number of thiophene rings is 1. The molecule has 0 spiro atoms. The van der Waals surface area contributed by atoms with Crippen molar-refractivity contribution in [3.05, 3.63) is 22.2 Å². The van der Waals surface area contributed by atoms with Crippen molar-refractivity contribution in [1.29, 1.82) is 0 Å². The van der Waals surface area contributed by atoms with Crippen LogP contribution >= 0.6 is 23.1 Å². The Labute approximate surface area is 178 Å². The highest BCUT2D eigenvalue weighted by atomic mass is 32.2. The monoisotopic (exact) mass is 431 g/mol. The molecule has 3 aromatic rings. The molecular formula is C20H25N5O2S2. The second-order valence-electron chi connectivity index (χ2n) is 7.29. The van der Waals surface area contributed by atoms with Gasteiger partial charge in [0.15, 0.2) is 11.0 Å². The summed E-state index contributed by atoms with van der Waals surface area (Å²) in [5, 5.41) is 6.14. The van der Waals surface area contributed by atoms with Crippen LogP contribution < -0.4 is 5.73 Å². The van der Waals surface area contributed by atoms with E-state index in [0.717, 1.165) is 35.2 Å². The van der Waals surface area contributed by atoms with Gasteiger partial charge in [0.25, 0.3) is 0 Å². The lowest BCUT2D eigenvalue weighted by Crippen LogP contribution is -2.12. The number of ether oxygens (including phenoxy) is 1.